The highest BCUT2D eigenvalue weighted by Gasteiger charge is 2.12. The van der Waals surface area contributed by atoms with E-state index in [1.807, 2.05) is 30.7 Å². The van der Waals surface area contributed by atoms with Crippen LogP contribution in [0.5, 0.6) is 5.75 Å². The van der Waals surface area contributed by atoms with Crippen LogP contribution in [0.15, 0.2) is 18.2 Å². The Hall–Kier alpha value is -1.68. The van der Waals surface area contributed by atoms with E-state index >= 15 is 0 Å². The summed E-state index contributed by atoms with van der Waals surface area (Å²) in [6.07, 6.45) is 0. The van der Waals surface area contributed by atoms with Crippen LogP contribution >= 0.6 is 11.6 Å². The Bertz CT molecular complexity index is 607. The molecule has 4 nitrogen and oxygen atoms in total. The van der Waals surface area contributed by atoms with E-state index in [9.17, 15) is 0 Å². The number of hydrogen-bond acceptors (Lipinski definition) is 3. The van der Waals surface area contributed by atoms with Crippen molar-refractivity contribution in [2.45, 2.75) is 33.9 Å². The summed E-state index contributed by atoms with van der Waals surface area (Å²) in [4.78, 5) is 0. The molecule has 1 N–H and O–H groups in total. The zero-order chi connectivity index (χ0) is 14.7. The van der Waals surface area contributed by atoms with Gasteiger partial charge in [0.15, 0.2) is 0 Å². The Kier molecular flexibility index (Phi) is 4.55. The first-order valence-electron chi connectivity index (χ1n) is 6.67. The van der Waals surface area contributed by atoms with Gasteiger partial charge in [-0.05, 0) is 44.5 Å². The van der Waals surface area contributed by atoms with Gasteiger partial charge < -0.3 is 10.1 Å². The number of rotatable bonds is 5. The van der Waals surface area contributed by atoms with E-state index in [1.165, 1.54) is 0 Å². The Balaban J connectivity index is 2.14. The van der Waals surface area contributed by atoms with E-state index in [1.54, 1.807) is 7.11 Å². The summed E-state index contributed by atoms with van der Waals surface area (Å²) in [6.45, 7) is 7.47. The molecule has 5 heteroatoms. The molecule has 0 saturated heterocycles. The van der Waals surface area contributed by atoms with Gasteiger partial charge in [-0.2, -0.15) is 5.10 Å². The Morgan fingerprint density at radius 3 is 2.70 bits per heavy atom. The second-order valence-electron chi connectivity index (χ2n) is 4.70. The second kappa shape index (κ2) is 6.18. The zero-order valence-corrected chi connectivity index (χ0v) is 13.1. The van der Waals surface area contributed by atoms with Gasteiger partial charge in [0, 0.05) is 12.2 Å². The number of benzene rings is 1. The normalized spacial score (nSPS) is 10.7. The Morgan fingerprint density at radius 1 is 1.35 bits per heavy atom. The van der Waals surface area contributed by atoms with Crippen LogP contribution in [0.25, 0.3) is 0 Å². The third-order valence-corrected chi connectivity index (χ3v) is 3.80. The fourth-order valence-electron chi connectivity index (χ4n) is 2.21. The maximum absolute atomic E-state index is 6.29. The van der Waals surface area contributed by atoms with Crippen LogP contribution in [0.3, 0.4) is 0 Å². The van der Waals surface area contributed by atoms with Gasteiger partial charge in [0.05, 0.1) is 30.1 Å². The predicted octanol–water partition coefficient (Wildman–Crippen LogP) is 3.79. The lowest BCUT2D eigenvalue weighted by atomic mass is 10.2. The quantitative estimate of drug-likeness (QED) is 0.911. The minimum absolute atomic E-state index is 0.652. The minimum atomic E-state index is 0.652. The first-order valence-corrected chi connectivity index (χ1v) is 7.05. The first kappa shape index (κ1) is 14.7. The molecule has 108 valence electrons. The summed E-state index contributed by atoms with van der Waals surface area (Å²) >= 11 is 6.29. The smallest absolute Gasteiger partial charge is 0.121 e. The SMILES string of the molecule is CCn1nc(C)c(Cl)c1CNc1ccc(OC)c(C)c1. The highest BCUT2D eigenvalue weighted by atomic mass is 35.5. The predicted molar refractivity (Wildman–Crippen MR) is 82.7 cm³/mol. The zero-order valence-electron chi connectivity index (χ0n) is 12.3. The number of methoxy groups -OCH3 is 1. The molecule has 0 radical (unpaired) electrons. The largest absolute Gasteiger partial charge is 0.496 e. The summed E-state index contributed by atoms with van der Waals surface area (Å²) in [7, 11) is 1.68. The van der Waals surface area contributed by atoms with Gasteiger partial charge in [-0.15, -0.1) is 0 Å². The number of nitrogens with one attached hydrogen (secondary N) is 1. The number of aryl methyl sites for hydroxylation is 3. The molecule has 20 heavy (non-hydrogen) atoms. The van der Waals surface area contributed by atoms with Crippen LogP contribution in [0.2, 0.25) is 5.02 Å². The molecule has 0 aliphatic rings. The number of aromatic nitrogens is 2. The molecule has 0 aliphatic heterocycles. The van der Waals surface area contributed by atoms with E-state index in [0.29, 0.717) is 6.54 Å². The molecule has 0 bridgehead atoms. The summed E-state index contributed by atoms with van der Waals surface area (Å²) in [5.41, 5.74) is 4.03. The van der Waals surface area contributed by atoms with Crippen molar-refractivity contribution in [3.05, 3.63) is 40.2 Å². The fourth-order valence-corrected chi connectivity index (χ4v) is 2.41. The van der Waals surface area contributed by atoms with Gasteiger partial charge in [0.2, 0.25) is 0 Å². The number of hydrogen-bond donors (Lipinski definition) is 1. The first-order chi connectivity index (χ1) is 9.56. The summed E-state index contributed by atoms with van der Waals surface area (Å²) in [5, 5.41) is 8.53. The van der Waals surface area contributed by atoms with E-state index in [4.69, 9.17) is 16.3 Å². The topological polar surface area (TPSA) is 39.1 Å². The van der Waals surface area contributed by atoms with Crippen LogP contribution in [0.1, 0.15) is 23.9 Å². The van der Waals surface area contributed by atoms with Crippen LogP contribution in [0.4, 0.5) is 5.69 Å². The average molecular weight is 294 g/mol. The fraction of sp³-hybridized carbons (Fsp3) is 0.400. The third kappa shape index (κ3) is 2.90. The molecule has 0 fully saturated rings. The molecule has 0 saturated carbocycles. The highest BCUT2D eigenvalue weighted by Crippen LogP contribution is 2.24. The van der Waals surface area contributed by atoms with Crippen molar-refractivity contribution in [2.24, 2.45) is 0 Å². The standard InChI is InChI=1S/C15H20ClN3O/c1-5-19-13(15(16)11(3)18-19)9-17-12-6-7-14(20-4)10(2)8-12/h6-8,17H,5,9H2,1-4H3. The maximum atomic E-state index is 6.29. The highest BCUT2D eigenvalue weighted by molar-refractivity contribution is 6.31. The number of ether oxygens (including phenoxy) is 1. The molecule has 1 aromatic carbocycles. The molecule has 0 atom stereocenters. The van der Waals surface area contributed by atoms with Gasteiger partial charge in [0.25, 0.3) is 0 Å². The van der Waals surface area contributed by atoms with Gasteiger partial charge >= 0.3 is 0 Å². The molecule has 0 unspecified atom stereocenters. The monoisotopic (exact) mass is 293 g/mol. The Morgan fingerprint density at radius 2 is 2.10 bits per heavy atom. The molecular weight excluding hydrogens is 274 g/mol. The minimum Gasteiger partial charge on any atom is -0.496 e. The van der Waals surface area contributed by atoms with Crippen LogP contribution < -0.4 is 10.1 Å². The van der Waals surface area contributed by atoms with Gasteiger partial charge in [-0.3, -0.25) is 4.68 Å². The van der Waals surface area contributed by atoms with Crippen molar-refractivity contribution in [2.75, 3.05) is 12.4 Å². The molecule has 1 aromatic heterocycles. The van der Waals surface area contributed by atoms with Crippen LogP contribution in [0, 0.1) is 13.8 Å². The van der Waals surface area contributed by atoms with Crippen LogP contribution in [-0.2, 0) is 13.1 Å². The van der Waals surface area contributed by atoms with Crippen molar-refractivity contribution in [3.8, 4) is 5.75 Å². The van der Waals surface area contributed by atoms with E-state index in [-0.39, 0.29) is 0 Å². The summed E-state index contributed by atoms with van der Waals surface area (Å²) in [5.74, 6) is 0.892. The van der Waals surface area contributed by atoms with Crippen molar-refractivity contribution < 1.29 is 4.74 Å². The molecule has 0 aliphatic carbocycles. The number of nitrogens with zero attached hydrogens (tertiary/aromatic N) is 2. The van der Waals surface area contributed by atoms with Gasteiger partial charge in [0.1, 0.15) is 5.75 Å². The average Bonchev–Trinajstić information content (AvgIpc) is 2.72. The molecule has 2 aromatic rings. The lowest BCUT2D eigenvalue weighted by Gasteiger charge is -2.11. The van der Waals surface area contributed by atoms with Crippen molar-refractivity contribution in [1.82, 2.24) is 9.78 Å². The van der Waals surface area contributed by atoms with Crippen molar-refractivity contribution in [3.63, 3.8) is 0 Å². The third-order valence-electron chi connectivity index (χ3n) is 3.31. The number of anilines is 1. The summed E-state index contributed by atoms with van der Waals surface area (Å²) in [6, 6.07) is 6.02. The van der Waals surface area contributed by atoms with E-state index < -0.39 is 0 Å². The van der Waals surface area contributed by atoms with E-state index in [2.05, 4.69) is 23.4 Å². The van der Waals surface area contributed by atoms with Crippen molar-refractivity contribution >= 4 is 17.3 Å². The van der Waals surface area contributed by atoms with E-state index in [0.717, 1.165) is 40.0 Å². The van der Waals surface area contributed by atoms with Gasteiger partial charge in [-0.1, -0.05) is 11.6 Å². The van der Waals surface area contributed by atoms with Gasteiger partial charge in [-0.25, -0.2) is 0 Å². The second-order valence-corrected chi connectivity index (χ2v) is 5.08. The molecule has 2 rings (SSSR count). The van der Waals surface area contributed by atoms with Crippen molar-refractivity contribution in [1.29, 1.82) is 0 Å². The lowest BCUT2D eigenvalue weighted by Crippen LogP contribution is -2.08. The van der Waals surface area contributed by atoms with Crippen LogP contribution in [-0.4, -0.2) is 16.9 Å². The molecular formula is C15H20ClN3O. The Labute approximate surface area is 124 Å². The molecule has 1 heterocycles. The lowest BCUT2D eigenvalue weighted by molar-refractivity contribution is 0.412. The molecule has 0 spiro atoms. The number of halogens is 1. The maximum Gasteiger partial charge on any atom is 0.121 e. The molecule has 0 amide bonds. The summed E-state index contributed by atoms with van der Waals surface area (Å²) < 4.78 is 7.19.